The Morgan fingerprint density at radius 2 is 2.21 bits per heavy atom. The summed E-state index contributed by atoms with van der Waals surface area (Å²) in [4.78, 5) is 10.3. The molecule has 14 heavy (non-hydrogen) atoms. The molecular formula is C10H11N3O. The minimum atomic E-state index is -0.764. The van der Waals surface area contributed by atoms with Gasteiger partial charge in [0.2, 0.25) is 0 Å². The van der Waals surface area contributed by atoms with Gasteiger partial charge in [-0.05, 0) is 34.3 Å². The SMILES string of the molecule is Cn1ccc2cc(C(N)N=O)ccc21. The fourth-order valence-electron chi connectivity index (χ4n) is 1.54. The van der Waals surface area contributed by atoms with Gasteiger partial charge in [-0.1, -0.05) is 6.07 Å². The van der Waals surface area contributed by atoms with Crippen LogP contribution in [0.3, 0.4) is 0 Å². The van der Waals surface area contributed by atoms with Gasteiger partial charge in [-0.25, -0.2) is 0 Å². The Bertz CT molecular complexity index is 475. The molecule has 0 bridgehead atoms. The molecule has 4 nitrogen and oxygen atoms in total. The van der Waals surface area contributed by atoms with Crippen molar-refractivity contribution < 1.29 is 0 Å². The number of aryl methyl sites for hydroxylation is 1. The van der Waals surface area contributed by atoms with E-state index in [0.717, 1.165) is 16.5 Å². The quantitative estimate of drug-likeness (QED) is 0.733. The van der Waals surface area contributed by atoms with Crippen molar-refractivity contribution in [3.05, 3.63) is 40.9 Å². The predicted octanol–water partition coefficient (Wildman–Crippen LogP) is 1.90. The highest BCUT2D eigenvalue weighted by Crippen LogP contribution is 2.20. The minimum absolute atomic E-state index is 0.749. The van der Waals surface area contributed by atoms with E-state index in [0.29, 0.717) is 0 Å². The second-order valence-corrected chi connectivity index (χ2v) is 3.30. The molecule has 0 amide bonds. The van der Waals surface area contributed by atoms with Crippen LogP contribution in [0.1, 0.15) is 11.7 Å². The average molecular weight is 189 g/mol. The van der Waals surface area contributed by atoms with Gasteiger partial charge in [-0.15, -0.1) is 4.91 Å². The van der Waals surface area contributed by atoms with E-state index in [1.54, 1.807) is 0 Å². The van der Waals surface area contributed by atoms with Crippen LogP contribution < -0.4 is 5.73 Å². The predicted molar refractivity (Wildman–Crippen MR) is 55.6 cm³/mol. The van der Waals surface area contributed by atoms with E-state index in [4.69, 9.17) is 5.73 Å². The highest BCUT2D eigenvalue weighted by molar-refractivity contribution is 5.80. The molecule has 1 aromatic carbocycles. The van der Waals surface area contributed by atoms with E-state index in [1.807, 2.05) is 42.1 Å². The summed E-state index contributed by atoms with van der Waals surface area (Å²) >= 11 is 0. The number of aromatic nitrogens is 1. The first-order chi connectivity index (χ1) is 6.72. The van der Waals surface area contributed by atoms with Gasteiger partial charge >= 0.3 is 0 Å². The van der Waals surface area contributed by atoms with Crippen molar-refractivity contribution >= 4 is 10.9 Å². The molecule has 72 valence electrons. The summed E-state index contributed by atoms with van der Waals surface area (Å²) in [6, 6.07) is 7.64. The highest BCUT2D eigenvalue weighted by atomic mass is 16.3. The van der Waals surface area contributed by atoms with Crippen molar-refractivity contribution in [3.63, 3.8) is 0 Å². The van der Waals surface area contributed by atoms with E-state index in [-0.39, 0.29) is 0 Å². The molecule has 2 aromatic rings. The molecule has 0 fully saturated rings. The van der Waals surface area contributed by atoms with Gasteiger partial charge in [-0.3, -0.25) is 0 Å². The van der Waals surface area contributed by atoms with Crippen LogP contribution in [0.25, 0.3) is 10.9 Å². The van der Waals surface area contributed by atoms with Crippen LogP contribution >= 0.6 is 0 Å². The lowest BCUT2D eigenvalue weighted by atomic mass is 10.1. The maximum absolute atomic E-state index is 10.3. The number of hydrogen-bond acceptors (Lipinski definition) is 3. The largest absolute Gasteiger partial charge is 0.351 e. The number of benzene rings is 1. The van der Waals surface area contributed by atoms with E-state index in [9.17, 15) is 4.91 Å². The van der Waals surface area contributed by atoms with Gasteiger partial charge in [0.25, 0.3) is 0 Å². The van der Waals surface area contributed by atoms with Crippen LogP contribution in [0, 0.1) is 4.91 Å². The molecule has 2 rings (SSSR count). The molecule has 1 atom stereocenters. The lowest BCUT2D eigenvalue weighted by Gasteiger charge is -2.03. The average Bonchev–Trinajstić information content (AvgIpc) is 2.59. The maximum Gasteiger partial charge on any atom is 0.165 e. The molecule has 0 radical (unpaired) electrons. The van der Waals surface area contributed by atoms with Crippen LogP contribution in [0.2, 0.25) is 0 Å². The van der Waals surface area contributed by atoms with Crippen molar-refractivity contribution in [3.8, 4) is 0 Å². The van der Waals surface area contributed by atoms with Gasteiger partial charge in [-0.2, -0.15) is 0 Å². The Balaban J connectivity index is 2.57. The number of nitrogens with zero attached hydrogens (tertiary/aromatic N) is 2. The molecular weight excluding hydrogens is 178 g/mol. The molecule has 0 aliphatic heterocycles. The zero-order valence-electron chi connectivity index (χ0n) is 7.84. The van der Waals surface area contributed by atoms with Crippen LogP contribution in [0.4, 0.5) is 0 Å². The van der Waals surface area contributed by atoms with E-state index >= 15 is 0 Å². The van der Waals surface area contributed by atoms with E-state index in [2.05, 4.69) is 5.18 Å². The number of rotatable bonds is 2. The Hall–Kier alpha value is -1.68. The third-order valence-electron chi connectivity index (χ3n) is 2.36. The maximum atomic E-state index is 10.3. The molecule has 1 heterocycles. The van der Waals surface area contributed by atoms with Crippen molar-refractivity contribution in [2.45, 2.75) is 6.17 Å². The second-order valence-electron chi connectivity index (χ2n) is 3.30. The Morgan fingerprint density at radius 1 is 1.43 bits per heavy atom. The normalized spacial score (nSPS) is 13.0. The smallest absolute Gasteiger partial charge is 0.165 e. The van der Waals surface area contributed by atoms with Gasteiger partial charge in [0.05, 0.1) is 0 Å². The molecule has 4 heteroatoms. The summed E-state index contributed by atoms with van der Waals surface area (Å²) < 4.78 is 2.01. The van der Waals surface area contributed by atoms with Crippen LogP contribution in [-0.2, 0) is 7.05 Å². The Kier molecular flexibility index (Phi) is 2.05. The topological polar surface area (TPSA) is 60.4 Å². The molecule has 0 saturated carbocycles. The molecule has 0 aliphatic carbocycles. The van der Waals surface area contributed by atoms with Gasteiger partial charge in [0, 0.05) is 18.8 Å². The zero-order chi connectivity index (χ0) is 10.1. The lowest BCUT2D eigenvalue weighted by Crippen LogP contribution is -2.05. The Labute approximate surface area is 81.3 Å². The molecule has 0 saturated heterocycles. The van der Waals surface area contributed by atoms with E-state index in [1.165, 1.54) is 0 Å². The van der Waals surface area contributed by atoms with Crippen LogP contribution in [0.15, 0.2) is 35.6 Å². The van der Waals surface area contributed by atoms with Crippen molar-refractivity contribution in [2.24, 2.45) is 18.0 Å². The molecule has 1 unspecified atom stereocenters. The molecule has 2 N–H and O–H groups in total. The fourth-order valence-corrected chi connectivity index (χ4v) is 1.54. The zero-order valence-corrected chi connectivity index (χ0v) is 7.84. The third kappa shape index (κ3) is 1.29. The summed E-state index contributed by atoms with van der Waals surface area (Å²) in [6.07, 6.45) is 1.20. The van der Waals surface area contributed by atoms with E-state index < -0.39 is 6.17 Å². The third-order valence-corrected chi connectivity index (χ3v) is 2.36. The van der Waals surface area contributed by atoms with Gasteiger partial charge < -0.3 is 10.3 Å². The Morgan fingerprint density at radius 3 is 2.93 bits per heavy atom. The second kappa shape index (κ2) is 3.23. The van der Waals surface area contributed by atoms with Gasteiger partial charge in [0.1, 0.15) is 0 Å². The summed E-state index contributed by atoms with van der Waals surface area (Å²) in [5, 5.41) is 3.87. The number of hydrogen-bond donors (Lipinski definition) is 1. The first kappa shape index (κ1) is 8.90. The van der Waals surface area contributed by atoms with Gasteiger partial charge in [0.15, 0.2) is 6.17 Å². The number of nitrogens with two attached hydrogens (primary N) is 1. The minimum Gasteiger partial charge on any atom is -0.351 e. The highest BCUT2D eigenvalue weighted by Gasteiger charge is 2.06. The molecule has 0 spiro atoms. The van der Waals surface area contributed by atoms with Crippen molar-refractivity contribution in [1.82, 2.24) is 4.57 Å². The van der Waals surface area contributed by atoms with Crippen LogP contribution in [-0.4, -0.2) is 4.57 Å². The fraction of sp³-hybridized carbons (Fsp3) is 0.200. The summed E-state index contributed by atoms with van der Waals surface area (Å²) in [5.74, 6) is 0. The lowest BCUT2D eigenvalue weighted by molar-refractivity contribution is 0.769. The molecule has 1 aromatic heterocycles. The number of fused-ring (bicyclic) bond motifs is 1. The summed E-state index contributed by atoms with van der Waals surface area (Å²) in [7, 11) is 1.97. The molecule has 0 aliphatic rings. The first-order valence-electron chi connectivity index (χ1n) is 4.35. The monoisotopic (exact) mass is 189 g/mol. The van der Waals surface area contributed by atoms with Crippen molar-refractivity contribution in [2.75, 3.05) is 0 Å². The summed E-state index contributed by atoms with van der Waals surface area (Å²) in [6.45, 7) is 0. The van der Waals surface area contributed by atoms with Crippen LogP contribution in [0.5, 0.6) is 0 Å². The number of nitroso groups, excluding NO2 is 1. The van der Waals surface area contributed by atoms with Crippen molar-refractivity contribution in [1.29, 1.82) is 0 Å². The summed E-state index contributed by atoms with van der Waals surface area (Å²) in [5.41, 5.74) is 7.37. The standard InChI is InChI=1S/C10H11N3O/c1-13-5-4-7-6-8(10(11)12-14)2-3-9(7)13/h2-6,10H,11H2,1H3. The first-order valence-corrected chi connectivity index (χ1v) is 4.35.